The van der Waals surface area contributed by atoms with Crippen LogP contribution in [0.1, 0.15) is 17.4 Å². The fourth-order valence-corrected chi connectivity index (χ4v) is 2.80. The molecular weight excluding hydrogens is 314 g/mol. The Hall–Kier alpha value is -3.14. The molecule has 4 nitrogen and oxygen atoms in total. The Balaban J connectivity index is 2.29. The van der Waals surface area contributed by atoms with E-state index < -0.39 is 5.97 Å². The first-order chi connectivity index (χ1) is 12.3. The summed E-state index contributed by atoms with van der Waals surface area (Å²) in [5, 5.41) is 0. The lowest BCUT2D eigenvalue weighted by molar-refractivity contribution is 0.0520. The monoisotopic (exact) mass is 333 g/mol. The zero-order chi connectivity index (χ0) is 17.6. The summed E-state index contributed by atoms with van der Waals surface area (Å²) in [6.07, 6.45) is 1.63. The second-order valence-electron chi connectivity index (χ2n) is 5.37. The van der Waals surface area contributed by atoms with E-state index in [-0.39, 0.29) is 0 Å². The predicted octanol–water partition coefficient (Wildman–Crippen LogP) is 4.60. The molecule has 4 heteroatoms. The molecule has 0 spiro atoms. The summed E-state index contributed by atoms with van der Waals surface area (Å²) in [6.45, 7) is 2.08. The highest BCUT2D eigenvalue weighted by atomic mass is 16.5. The predicted molar refractivity (Wildman–Crippen MR) is 97.6 cm³/mol. The van der Waals surface area contributed by atoms with Gasteiger partial charge in [-0.3, -0.25) is 0 Å². The molecule has 0 radical (unpaired) electrons. The third-order valence-electron chi connectivity index (χ3n) is 3.88. The van der Waals surface area contributed by atoms with E-state index in [2.05, 4.69) is 4.98 Å². The zero-order valence-corrected chi connectivity index (χ0v) is 14.2. The number of carbonyl (C=O) groups is 1. The van der Waals surface area contributed by atoms with Gasteiger partial charge in [0.25, 0.3) is 0 Å². The lowest BCUT2D eigenvalue weighted by Gasteiger charge is -2.16. The number of hydrogen-bond acceptors (Lipinski definition) is 4. The van der Waals surface area contributed by atoms with Crippen molar-refractivity contribution in [2.45, 2.75) is 6.92 Å². The van der Waals surface area contributed by atoms with Gasteiger partial charge in [-0.25, -0.2) is 9.78 Å². The first-order valence-electron chi connectivity index (χ1n) is 8.11. The van der Waals surface area contributed by atoms with Gasteiger partial charge in [0, 0.05) is 17.3 Å². The highest BCUT2D eigenvalue weighted by Gasteiger charge is 2.21. The molecule has 0 fully saturated rings. The quantitative estimate of drug-likeness (QED) is 0.640. The van der Waals surface area contributed by atoms with Crippen LogP contribution in [0.15, 0.2) is 66.9 Å². The first-order valence-corrected chi connectivity index (χ1v) is 8.11. The molecule has 2 aromatic carbocycles. The fourth-order valence-electron chi connectivity index (χ4n) is 2.80. The van der Waals surface area contributed by atoms with Crippen LogP contribution >= 0.6 is 0 Å². The number of aromatic nitrogens is 1. The molecule has 0 amide bonds. The normalized spacial score (nSPS) is 10.3. The van der Waals surface area contributed by atoms with Crippen LogP contribution < -0.4 is 4.74 Å². The molecule has 25 heavy (non-hydrogen) atoms. The molecule has 0 saturated carbocycles. The molecular formula is C21H19NO3. The average molecular weight is 333 g/mol. The van der Waals surface area contributed by atoms with Gasteiger partial charge in [0.1, 0.15) is 5.75 Å². The van der Waals surface area contributed by atoms with E-state index in [1.54, 1.807) is 20.2 Å². The van der Waals surface area contributed by atoms with Crippen LogP contribution in [0.5, 0.6) is 5.75 Å². The van der Waals surface area contributed by atoms with E-state index >= 15 is 0 Å². The number of hydrogen-bond donors (Lipinski definition) is 0. The molecule has 1 heterocycles. The van der Waals surface area contributed by atoms with Crippen LogP contribution in [0, 0.1) is 0 Å². The van der Waals surface area contributed by atoms with Crippen LogP contribution in [-0.2, 0) is 4.74 Å². The standard InChI is InChI=1S/C21H19NO3/c1-3-25-21(23)20-19(15-9-5-4-6-10-15)17(13-14-22-20)16-11-7-8-12-18(16)24-2/h4-14H,3H2,1-2H3. The maximum atomic E-state index is 12.5. The van der Waals surface area contributed by atoms with Gasteiger partial charge in [-0.05, 0) is 30.2 Å². The van der Waals surface area contributed by atoms with Crippen molar-refractivity contribution in [1.82, 2.24) is 4.98 Å². The van der Waals surface area contributed by atoms with E-state index in [0.29, 0.717) is 12.3 Å². The van der Waals surface area contributed by atoms with Gasteiger partial charge < -0.3 is 9.47 Å². The Morgan fingerprint density at radius 2 is 1.68 bits per heavy atom. The molecule has 0 aliphatic carbocycles. The van der Waals surface area contributed by atoms with Crippen LogP contribution in [0.25, 0.3) is 22.3 Å². The Bertz CT molecular complexity index is 875. The third kappa shape index (κ3) is 3.38. The minimum Gasteiger partial charge on any atom is -0.496 e. The van der Waals surface area contributed by atoms with Gasteiger partial charge in [0.2, 0.25) is 0 Å². The molecule has 0 bridgehead atoms. The summed E-state index contributed by atoms with van der Waals surface area (Å²) in [7, 11) is 1.63. The summed E-state index contributed by atoms with van der Waals surface area (Å²) in [5.74, 6) is 0.304. The molecule has 3 aromatic rings. The number of benzene rings is 2. The van der Waals surface area contributed by atoms with Gasteiger partial charge in [-0.15, -0.1) is 0 Å². The van der Waals surface area contributed by atoms with E-state index in [4.69, 9.17) is 9.47 Å². The van der Waals surface area contributed by atoms with Crippen molar-refractivity contribution in [2.75, 3.05) is 13.7 Å². The van der Waals surface area contributed by atoms with Crippen LogP contribution in [0.2, 0.25) is 0 Å². The van der Waals surface area contributed by atoms with Crippen molar-refractivity contribution in [3.05, 3.63) is 72.6 Å². The van der Waals surface area contributed by atoms with Crippen molar-refractivity contribution in [1.29, 1.82) is 0 Å². The summed E-state index contributed by atoms with van der Waals surface area (Å²) >= 11 is 0. The summed E-state index contributed by atoms with van der Waals surface area (Å²) < 4.78 is 10.7. The summed E-state index contributed by atoms with van der Waals surface area (Å²) in [6, 6.07) is 19.3. The SMILES string of the molecule is CCOC(=O)c1nccc(-c2ccccc2OC)c1-c1ccccc1. The molecule has 1 aromatic heterocycles. The van der Waals surface area contributed by atoms with E-state index in [0.717, 1.165) is 28.0 Å². The Morgan fingerprint density at radius 1 is 0.960 bits per heavy atom. The number of nitrogens with zero attached hydrogens (tertiary/aromatic N) is 1. The molecule has 3 rings (SSSR count). The van der Waals surface area contributed by atoms with E-state index in [1.165, 1.54) is 0 Å². The number of pyridine rings is 1. The van der Waals surface area contributed by atoms with Crippen molar-refractivity contribution in [3.8, 4) is 28.0 Å². The molecule has 0 aliphatic rings. The van der Waals surface area contributed by atoms with Crippen molar-refractivity contribution in [3.63, 3.8) is 0 Å². The van der Waals surface area contributed by atoms with Crippen molar-refractivity contribution >= 4 is 5.97 Å². The second kappa shape index (κ2) is 7.62. The van der Waals surface area contributed by atoms with Gasteiger partial charge in [0.15, 0.2) is 5.69 Å². The van der Waals surface area contributed by atoms with Gasteiger partial charge in [0.05, 0.1) is 13.7 Å². The average Bonchev–Trinajstić information content (AvgIpc) is 2.68. The molecule has 0 aliphatic heterocycles. The Labute approximate surface area is 147 Å². The summed E-state index contributed by atoms with van der Waals surface area (Å²) in [5.41, 5.74) is 3.72. The van der Waals surface area contributed by atoms with Gasteiger partial charge in [-0.2, -0.15) is 0 Å². The minimum absolute atomic E-state index is 0.299. The van der Waals surface area contributed by atoms with Crippen molar-refractivity contribution < 1.29 is 14.3 Å². The van der Waals surface area contributed by atoms with Gasteiger partial charge >= 0.3 is 5.97 Å². The Morgan fingerprint density at radius 3 is 2.40 bits per heavy atom. The maximum Gasteiger partial charge on any atom is 0.357 e. The maximum absolute atomic E-state index is 12.5. The number of methoxy groups -OCH3 is 1. The number of rotatable bonds is 5. The number of carbonyl (C=O) groups excluding carboxylic acids is 1. The molecule has 0 unspecified atom stereocenters. The van der Waals surface area contributed by atoms with Crippen LogP contribution in [0.4, 0.5) is 0 Å². The summed E-state index contributed by atoms with van der Waals surface area (Å²) in [4.78, 5) is 16.8. The number of esters is 1. The largest absolute Gasteiger partial charge is 0.496 e. The first kappa shape index (κ1) is 16.7. The lowest BCUT2D eigenvalue weighted by atomic mass is 9.93. The van der Waals surface area contributed by atoms with Crippen LogP contribution in [0.3, 0.4) is 0 Å². The molecule has 0 atom stereocenters. The number of ether oxygens (including phenoxy) is 2. The van der Waals surface area contributed by atoms with Crippen molar-refractivity contribution in [2.24, 2.45) is 0 Å². The molecule has 126 valence electrons. The van der Waals surface area contributed by atoms with Gasteiger partial charge in [-0.1, -0.05) is 48.5 Å². The topological polar surface area (TPSA) is 48.4 Å². The molecule has 0 N–H and O–H groups in total. The number of para-hydroxylation sites is 1. The zero-order valence-electron chi connectivity index (χ0n) is 14.2. The van der Waals surface area contributed by atoms with E-state index in [1.807, 2.05) is 60.7 Å². The molecule has 0 saturated heterocycles. The highest BCUT2D eigenvalue weighted by molar-refractivity contribution is 6.00. The Kier molecular flexibility index (Phi) is 5.09. The van der Waals surface area contributed by atoms with E-state index in [9.17, 15) is 4.79 Å². The lowest BCUT2D eigenvalue weighted by Crippen LogP contribution is -2.10. The second-order valence-corrected chi connectivity index (χ2v) is 5.37. The highest BCUT2D eigenvalue weighted by Crippen LogP contribution is 2.38. The smallest absolute Gasteiger partial charge is 0.357 e. The van der Waals surface area contributed by atoms with Crippen LogP contribution in [-0.4, -0.2) is 24.7 Å². The minimum atomic E-state index is -0.432. The third-order valence-corrected chi connectivity index (χ3v) is 3.88. The fraction of sp³-hybridized carbons (Fsp3) is 0.143.